The number of nitrogens with one attached hydrogen (secondary N) is 1. The zero-order valence-electron chi connectivity index (χ0n) is 11.9. The van der Waals surface area contributed by atoms with Crippen LogP contribution >= 0.6 is 11.8 Å². The van der Waals surface area contributed by atoms with E-state index in [0.717, 1.165) is 11.5 Å². The van der Waals surface area contributed by atoms with Crippen molar-refractivity contribution in [3.05, 3.63) is 5.82 Å². The van der Waals surface area contributed by atoms with E-state index in [-0.39, 0.29) is 30.2 Å². The number of hydrogen-bond donors (Lipinski definition) is 1. The highest BCUT2D eigenvalue weighted by molar-refractivity contribution is 7.99. The average Bonchev–Trinajstić information content (AvgIpc) is 3.21. The fraction of sp³-hybridized carbons (Fsp3) is 0.846. The maximum atomic E-state index is 13.7. The second-order valence-electron chi connectivity index (χ2n) is 6.39. The van der Waals surface area contributed by atoms with Crippen LogP contribution in [0, 0.1) is 17.8 Å². The molecule has 3 fully saturated rings. The van der Waals surface area contributed by atoms with Gasteiger partial charge < -0.3 is 4.90 Å². The number of thioether (sulfide) groups is 1. The quantitative estimate of drug-likeness (QED) is 0.890. The van der Waals surface area contributed by atoms with E-state index in [1.54, 1.807) is 16.7 Å². The van der Waals surface area contributed by atoms with Gasteiger partial charge in [0.25, 0.3) is 5.92 Å². The number of H-pyrrole nitrogens is 1. The zero-order chi connectivity index (χ0) is 15.3. The van der Waals surface area contributed by atoms with E-state index < -0.39 is 11.8 Å². The summed E-state index contributed by atoms with van der Waals surface area (Å²) >= 11 is 1.74. The number of rotatable bonds is 2. The molecule has 1 unspecified atom stereocenters. The molecule has 0 radical (unpaired) electrons. The van der Waals surface area contributed by atoms with E-state index in [1.807, 2.05) is 0 Å². The molecule has 2 heterocycles. The topological polar surface area (TPSA) is 74.8 Å². The second kappa shape index (κ2) is 5.14. The predicted molar refractivity (Wildman–Crippen MR) is 75.2 cm³/mol. The van der Waals surface area contributed by atoms with Gasteiger partial charge >= 0.3 is 0 Å². The lowest BCUT2D eigenvalue weighted by atomic mass is 9.85. The predicted octanol–water partition coefficient (Wildman–Crippen LogP) is 1.50. The Morgan fingerprint density at radius 3 is 2.91 bits per heavy atom. The number of aromatic amines is 1. The number of halogens is 2. The van der Waals surface area contributed by atoms with Gasteiger partial charge in [-0.3, -0.25) is 4.79 Å². The third-order valence-electron chi connectivity index (χ3n) is 5.21. The summed E-state index contributed by atoms with van der Waals surface area (Å²) in [6.45, 7) is 0.618. The Hall–Kier alpha value is -1.25. The molecule has 1 amide bonds. The lowest BCUT2D eigenvalue weighted by molar-refractivity contribution is -0.142. The van der Waals surface area contributed by atoms with Crippen LogP contribution in [0.2, 0.25) is 0 Å². The van der Waals surface area contributed by atoms with E-state index >= 15 is 0 Å². The molecule has 4 rings (SSSR count). The van der Waals surface area contributed by atoms with E-state index in [9.17, 15) is 13.6 Å². The van der Waals surface area contributed by atoms with Crippen LogP contribution in [0.1, 0.15) is 31.1 Å². The van der Waals surface area contributed by atoms with Crippen molar-refractivity contribution < 1.29 is 13.6 Å². The van der Waals surface area contributed by atoms with Crippen molar-refractivity contribution in [2.24, 2.45) is 17.8 Å². The molecule has 1 aliphatic heterocycles. The summed E-state index contributed by atoms with van der Waals surface area (Å²) in [6, 6.07) is -0.204. The van der Waals surface area contributed by atoms with Crippen LogP contribution in [0.5, 0.6) is 0 Å². The largest absolute Gasteiger partial charge is 0.330 e. The van der Waals surface area contributed by atoms with E-state index in [4.69, 9.17) is 0 Å². The number of carbonyl (C=O) groups is 1. The molecule has 2 bridgehead atoms. The van der Waals surface area contributed by atoms with Crippen LogP contribution in [0.4, 0.5) is 8.78 Å². The van der Waals surface area contributed by atoms with Gasteiger partial charge in [-0.15, -0.1) is 10.2 Å². The Balaban J connectivity index is 1.52. The summed E-state index contributed by atoms with van der Waals surface area (Å²) in [4.78, 5) is 14.7. The molecule has 1 aromatic heterocycles. The monoisotopic (exact) mass is 329 g/mol. The first kappa shape index (κ1) is 14.3. The highest BCUT2D eigenvalue weighted by Crippen LogP contribution is 2.57. The second-order valence-corrected chi connectivity index (χ2v) is 7.54. The maximum Gasteiger partial charge on any atom is 0.251 e. The van der Waals surface area contributed by atoms with Crippen LogP contribution in [-0.2, 0) is 4.79 Å². The molecule has 1 aromatic rings. The van der Waals surface area contributed by atoms with Gasteiger partial charge in [0.1, 0.15) is 6.04 Å². The number of aromatic nitrogens is 4. The summed E-state index contributed by atoms with van der Waals surface area (Å²) in [5.41, 5.74) is 0. The molecule has 120 valence electrons. The first-order chi connectivity index (χ1) is 10.6. The molecule has 3 aliphatic rings. The van der Waals surface area contributed by atoms with Gasteiger partial charge in [-0.25, -0.2) is 8.78 Å². The van der Waals surface area contributed by atoms with Crippen molar-refractivity contribution in [1.82, 2.24) is 25.5 Å². The van der Waals surface area contributed by atoms with Crippen molar-refractivity contribution >= 4 is 17.7 Å². The normalized spacial score (nSPS) is 36.7. The Morgan fingerprint density at radius 2 is 2.27 bits per heavy atom. The number of hydrogen-bond acceptors (Lipinski definition) is 5. The molecule has 0 spiro atoms. The molecular weight excluding hydrogens is 312 g/mol. The molecule has 4 atom stereocenters. The highest BCUT2D eigenvalue weighted by atomic mass is 32.2. The molecule has 1 saturated heterocycles. The number of fused-ring (bicyclic) bond motifs is 2. The highest BCUT2D eigenvalue weighted by Gasteiger charge is 2.59. The van der Waals surface area contributed by atoms with Crippen LogP contribution in [0.25, 0.3) is 0 Å². The molecule has 2 saturated carbocycles. The summed E-state index contributed by atoms with van der Waals surface area (Å²) < 4.78 is 27.3. The molecule has 6 nitrogen and oxygen atoms in total. The molecule has 22 heavy (non-hydrogen) atoms. The van der Waals surface area contributed by atoms with Crippen LogP contribution < -0.4 is 0 Å². The van der Waals surface area contributed by atoms with Crippen molar-refractivity contribution in [3.63, 3.8) is 0 Å². The lowest BCUT2D eigenvalue weighted by Gasteiger charge is -2.37. The average molecular weight is 329 g/mol. The molecule has 9 heteroatoms. The fourth-order valence-corrected chi connectivity index (χ4v) is 5.16. The number of carbonyl (C=O) groups excluding carboxylic acids is 1. The van der Waals surface area contributed by atoms with Crippen LogP contribution in [-0.4, -0.2) is 55.4 Å². The van der Waals surface area contributed by atoms with Crippen molar-refractivity contribution in [1.29, 1.82) is 0 Å². The first-order valence-electron chi connectivity index (χ1n) is 7.55. The Labute approximate surface area is 130 Å². The number of nitrogens with zero attached hydrogens (tertiary/aromatic N) is 4. The molecule has 1 N–H and O–H groups in total. The minimum absolute atomic E-state index is 0.00176. The minimum Gasteiger partial charge on any atom is -0.330 e. The SMILES string of the molecule is O=C([C@H]1C[C@@H]2C[C@H]1CC2(F)F)N1CCSCC1c1nn[nH]n1. The fourth-order valence-electron chi connectivity index (χ4n) is 4.12. The standard InChI is InChI=1S/C13H17F2N5OS/c14-13(15)5-7-3-8(13)4-9(7)12(21)20-1-2-22-6-10(20)11-16-18-19-17-11/h7-10H,1-6H2,(H,16,17,18,19)/t7-,8-,9-,10?/m0/s1. The van der Waals surface area contributed by atoms with Gasteiger partial charge in [0.15, 0.2) is 5.82 Å². The van der Waals surface area contributed by atoms with E-state index in [1.165, 1.54) is 0 Å². The summed E-state index contributed by atoms with van der Waals surface area (Å²) in [6.07, 6.45) is 0.668. The van der Waals surface area contributed by atoms with Gasteiger partial charge in [0.05, 0.1) is 0 Å². The van der Waals surface area contributed by atoms with Crippen molar-refractivity contribution in [3.8, 4) is 0 Å². The number of tetrazole rings is 1. The van der Waals surface area contributed by atoms with Crippen LogP contribution in [0.15, 0.2) is 0 Å². The third kappa shape index (κ3) is 2.21. The third-order valence-corrected chi connectivity index (χ3v) is 6.24. The maximum absolute atomic E-state index is 13.7. The van der Waals surface area contributed by atoms with Gasteiger partial charge in [-0.1, -0.05) is 5.21 Å². The summed E-state index contributed by atoms with van der Waals surface area (Å²) in [7, 11) is 0. The summed E-state index contributed by atoms with van der Waals surface area (Å²) in [5, 5.41) is 14.0. The van der Waals surface area contributed by atoms with Crippen LogP contribution in [0.3, 0.4) is 0 Å². The van der Waals surface area contributed by atoms with Crippen molar-refractivity contribution in [2.75, 3.05) is 18.1 Å². The molecular formula is C13H17F2N5OS. The van der Waals surface area contributed by atoms with E-state index in [0.29, 0.717) is 25.2 Å². The number of amides is 1. The van der Waals surface area contributed by atoms with Gasteiger partial charge in [0, 0.05) is 36.3 Å². The zero-order valence-corrected chi connectivity index (χ0v) is 12.7. The smallest absolute Gasteiger partial charge is 0.251 e. The molecule has 0 aromatic carbocycles. The minimum atomic E-state index is -2.58. The summed E-state index contributed by atoms with van der Waals surface area (Å²) in [5.74, 6) is -1.54. The number of alkyl halides is 2. The Morgan fingerprint density at radius 1 is 1.41 bits per heavy atom. The molecule has 2 aliphatic carbocycles. The van der Waals surface area contributed by atoms with Gasteiger partial charge in [0.2, 0.25) is 5.91 Å². The van der Waals surface area contributed by atoms with Gasteiger partial charge in [-0.2, -0.15) is 17.0 Å². The van der Waals surface area contributed by atoms with Crippen molar-refractivity contribution in [2.45, 2.75) is 31.2 Å². The Bertz CT molecular complexity index is 569. The first-order valence-corrected chi connectivity index (χ1v) is 8.71. The van der Waals surface area contributed by atoms with Gasteiger partial charge in [-0.05, 0) is 18.8 Å². The Kier molecular flexibility index (Phi) is 3.35. The lowest BCUT2D eigenvalue weighted by Crippen LogP contribution is -2.46. The van der Waals surface area contributed by atoms with E-state index in [2.05, 4.69) is 20.6 Å².